The fraction of sp³-hybridized carbons (Fsp3) is 0.786. The first-order chi connectivity index (χ1) is 9.46. The largest absolute Gasteiger partial charge is 0.405 e. The molecule has 3 nitrogen and oxygen atoms in total. The van der Waals surface area contributed by atoms with Crippen LogP contribution in [0.25, 0.3) is 0 Å². The number of rotatable bonds is 9. The zero-order valence-electron chi connectivity index (χ0n) is 12.1. The molecule has 1 heterocycles. The molecule has 0 aromatic carbocycles. The van der Waals surface area contributed by atoms with Crippen molar-refractivity contribution in [3.8, 4) is 0 Å². The van der Waals surface area contributed by atoms with Crippen LogP contribution < -0.4 is 5.32 Å². The van der Waals surface area contributed by atoms with E-state index in [1.807, 2.05) is 0 Å². The van der Waals surface area contributed by atoms with Crippen molar-refractivity contribution in [1.29, 1.82) is 0 Å². The van der Waals surface area contributed by atoms with E-state index < -0.39 is 12.7 Å². The quantitative estimate of drug-likeness (QED) is 0.642. The average Bonchev–Trinajstić information content (AvgIpc) is 2.83. The molecular formula is C14H23F3N2O. The minimum atomic E-state index is -4.25. The molecule has 0 fully saturated rings. The van der Waals surface area contributed by atoms with Crippen molar-refractivity contribution in [2.24, 2.45) is 0 Å². The summed E-state index contributed by atoms with van der Waals surface area (Å²) < 4.78 is 41.3. The maximum absolute atomic E-state index is 12.1. The van der Waals surface area contributed by atoms with Crippen LogP contribution in [-0.2, 0) is 0 Å². The average molecular weight is 292 g/mol. The van der Waals surface area contributed by atoms with E-state index in [1.165, 1.54) is 0 Å². The van der Waals surface area contributed by atoms with Gasteiger partial charge in [0.15, 0.2) is 0 Å². The van der Waals surface area contributed by atoms with Crippen molar-refractivity contribution < 1.29 is 17.7 Å². The van der Waals surface area contributed by atoms with E-state index in [1.54, 1.807) is 6.07 Å². The van der Waals surface area contributed by atoms with E-state index in [-0.39, 0.29) is 11.8 Å². The van der Waals surface area contributed by atoms with Crippen molar-refractivity contribution in [3.05, 3.63) is 11.8 Å². The number of hydrogen-bond acceptors (Lipinski definition) is 3. The van der Waals surface area contributed by atoms with Gasteiger partial charge in [-0.3, -0.25) is 0 Å². The van der Waals surface area contributed by atoms with Gasteiger partial charge in [0.2, 0.25) is 5.88 Å². The Hall–Kier alpha value is -1.20. The Kier molecular flexibility index (Phi) is 6.88. The summed E-state index contributed by atoms with van der Waals surface area (Å²) in [6.07, 6.45) is 2.18. The van der Waals surface area contributed by atoms with Gasteiger partial charge in [-0.2, -0.15) is 13.2 Å². The summed E-state index contributed by atoms with van der Waals surface area (Å²) in [5.41, 5.74) is 0.757. The molecule has 1 rings (SSSR count). The molecule has 0 radical (unpaired) electrons. The fourth-order valence-corrected chi connectivity index (χ4v) is 2.18. The zero-order valence-corrected chi connectivity index (χ0v) is 12.1. The first-order valence-electron chi connectivity index (χ1n) is 7.23. The number of anilines is 1. The number of nitrogens with one attached hydrogen (secondary N) is 1. The van der Waals surface area contributed by atoms with Crippen LogP contribution in [0.4, 0.5) is 19.1 Å². The number of halogens is 3. The SMILES string of the molecule is CCCCCC(CCC)c1cc(NCC(F)(F)F)on1. The minimum Gasteiger partial charge on any atom is -0.345 e. The smallest absolute Gasteiger partial charge is 0.345 e. The molecule has 0 amide bonds. The van der Waals surface area contributed by atoms with Gasteiger partial charge in [0.05, 0.1) is 5.69 Å². The Labute approximate surface area is 117 Å². The Balaban J connectivity index is 2.56. The molecule has 0 aliphatic heterocycles. The second-order valence-corrected chi connectivity index (χ2v) is 5.07. The van der Waals surface area contributed by atoms with Crippen LogP contribution in [0.15, 0.2) is 10.6 Å². The van der Waals surface area contributed by atoms with Gasteiger partial charge in [-0.1, -0.05) is 44.7 Å². The topological polar surface area (TPSA) is 38.1 Å². The van der Waals surface area contributed by atoms with E-state index >= 15 is 0 Å². The van der Waals surface area contributed by atoms with Gasteiger partial charge in [0.1, 0.15) is 6.54 Å². The molecule has 0 saturated heterocycles. The van der Waals surface area contributed by atoms with Crippen molar-refractivity contribution in [2.45, 2.75) is 64.5 Å². The lowest BCUT2D eigenvalue weighted by molar-refractivity contribution is -0.115. The molecule has 0 spiro atoms. The van der Waals surface area contributed by atoms with Crippen LogP contribution in [0.1, 0.15) is 64.0 Å². The van der Waals surface area contributed by atoms with Gasteiger partial charge < -0.3 is 9.84 Å². The molecule has 1 aromatic rings. The zero-order chi connectivity index (χ0) is 15.0. The van der Waals surface area contributed by atoms with Crippen LogP contribution in [0.5, 0.6) is 0 Å². The van der Waals surface area contributed by atoms with Gasteiger partial charge in [-0.05, 0) is 12.8 Å². The first kappa shape index (κ1) is 16.9. The summed E-state index contributed by atoms with van der Waals surface area (Å²) in [4.78, 5) is 0. The van der Waals surface area contributed by atoms with Crippen LogP contribution >= 0.6 is 0 Å². The van der Waals surface area contributed by atoms with Crippen LogP contribution in [-0.4, -0.2) is 17.9 Å². The van der Waals surface area contributed by atoms with Gasteiger partial charge >= 0.3 is 6.18 Å². The predicted octanol–water partition coefficient (Wildman–Crippen LogP) is 5.11. The predicted molar refractivity (Wildman–Crippen MR) is 72.8 cm³/mol. The maximum atomic E-state index is 12.1. The minimum absolute atomic E-state index is 0.0916. The molecule has 1 atom stereocenters. The molecule has 6 heteroatoms. The molecule has 0 aliphatic rings. The highest BCUT2D eigenvalue weighted by molar-refractivity contribution is 5.32. The first-order valence-corrected chi connectivity index (χ1v) is 7.23. The van der Waals surface area contributed by atoms with Gasteiger partial charge in [-0.25, -0.2) is 0 Å². The molecule has 20 heavy (non-hydrogen) atoms. The summed E-state index contributed by atoms with van der Waals surface area (Å²) in [7, 11) is 0. The molecule has 0 bridgehead atoms. The fourth-order valence-electron chi connectivity index (χ4n) is 2.18. The number of alkyl halides is 3. The van der Waals surface area contributed by atoms with Gasteiger partial charge in [0, 0.05) is 12.0 Å². The normalized spacial score (nSPS) is 13.4. The van der Waals surface area contributed by atoms with Crippen molar-refractivity contribution in [3.63, 3.8) is 0 Å². The Morgan fingerprint density at radius 2 is 1.95 bits per heavy atom. The monoisotopic (exact) mass is 292 g/mol. The lowest BCUT2D eigenvalue weighted by atomic mass is 9.93. The second-order valence-electron chi connectivity index (χ2n) is 5.07. The standard InChI is InChI=1S/C14H23F3N2O/c1-3-5-6-8-11(7-4-2)12-9-13(20-19-12)18-10-14(15,16)17/h9,11,18H,3-8,10H2,1-2H3. The number of nitrogens with zero attached hydrogens (tertiary/aromatic N) is 1. The number of hydrogen-bond donors (Lipinski definition) is 1. The highest BCUT2D eigenvalue weighted by atomic mass is 19.4. The van der Waals surface area contributed by atoms with Crippen LogP contribution in [0.3, 0.4) is 0 Å². The third kappa shape index (κ3) is 6.30. The van der Waals surface area contributed by atoms with E-state index in [4.69, 9.17) is 4.52 Å². The van der Waals surface area contributed by atoms with Gasteiger partial charge in [-0.15, -0.1) is 0 Å². The summed E-state index contributed by atoms with van der Waals surface area (Å²) >= 11 is 0. The molecule has 0 aliphatic carbocycles. The van der Waals surface area contributed by atoms with E-state index in [0.29, 0.717) is 0 Å². The summed E-state index contributed by atoms with van der Waals surface area (Å²) in [5.74, 6) is 0.366. The number of unbranched alkanes of at least 4 members (excludes halogenated alkanes) is 2. The lowest BCUT2D eigenvalue weighted by Gasteiger charge is -2.12. The summed E-state index contributed by atoms with van der Waals surface area (Å²) in [6, 6.07) is 1.60. The highest BCUT2D eigenvalue weighted by Gasteiger charge is 2.27. The van der Waals surface area contributed by atoms with E-state index in [2.05, 4.69) is 24.3 Å². The molecule has 1 N–H and O–H groups in total. The molecule has 1 unspecified atom stereocenters. The highest BCUT2D eigenvalue weighted by Crippen LogP contribution is 2.28. The van der Waals surface area contributed by atoms with Crippen molar-refractivity contribution in [2.75, 3.05) is 11.9 Å². The Morgan fingerprint density at radius 1 is 1.20 bits per heavy atom. The lowest BCUT2D eigenvalue weighted by Crippen LogP contribution is -2.20. The van der Waals surface area contributed by atoms with Crippen LogP contribution in [0.2, 0.25) is 0 Å². The maximum Gasteiger partial charge on any atom is 0.405 e. The third-order valence-corrected chi connectivity index (χ3v) is 3.20. The van der Waals surface area contributed by atoms with Gasteiger partial charge in [0.25, 0.3) is 0 Å². The van der Waals surface area contributed by atoms with E-state index in [0.717, 1.165) is 44.2 Å². The van der Waals surface area contributed by atoms with E-state index in [9.17, 15) is 13.2 Å². The Morgan fingerprint density at radius 3 is 2.55 bits per heavy atom. The third-order valence-electron chi connectivity index (χ3n) is 3.20. The van der Waals surface area contributed by atoms with Crippen LogP contribution in [0, 0.1) is 0 Å². The molecular weight excluding hydrogens is 269 g/mol. The van der Waals surface area contributed by atoms with Crippen molar-refractivity contribution in [1.82, 2.24) is 5.16 Å². The number of aromatic nitrogens is 1. The Bertz CT molecular complexity index is 377. The summed E-state index contributed by atoms with van der Waals surface area (Å²) in [6.45, 7) is 3.13. The summed E-state index contributed by atoms with van der Waals surface area (Å²) in [5, 5.41) is 6.12. The van der Waals surface area contributed by atoms with Crippen molar-refractivity contribution >= 4 is 5.88 Å². The molecule has 1 aromatic heterocycles. The molecule has 116 valence electrons. The second kappa shape index (κ2) is 8.17. The molecule has 0 saturated carbocycles.